The van der Waals surface area contributed by atoms with Crippen LogP contribution in [0.25, 0.3) is 0 Å². The first-order valence-corrected chi connectivity index (χ1v) is 5.87. The summed E-state index contributed by atoms with van der Waals surface area (Å²) in [4.78, 5) is 6.21. The number of aromatic nitrogens is 1. The van der Waals surface area contributed by atoms with Crippen LogP contribution in [0.2, 0.25) is 0 Å². The van der Waals surface area contributed by atoms with E-state index in [-0.39, 0.29) is 5.84 Å². The van der Waals surface area contributed by atoms with Crippen molar-refractivity contribution in [3.8, 4) is 0 Å². The minimum Gasteiger partial charge on any atom is -0.409 e. The van der Waals surface area contributed by atoms with Crippen molar-refractivity contribution < 1.29 is 5.21 Å². The molecule has 0 fully saturated rings. The Kier molecular flexibility index (Phi) is 3.66. The molecular weight excluding hydrogens is 240 g/mol. The van der Waals surface area contributed by atoms with Crippen LogP contribution in [0.4, 0.5) is 11.4 Å². The Morgan fingerprint density at radius 2 is 2.00 bits per heavy atom. The number of rotatable bonds is 3. The van der Waals surface area contributed by atoms with E-state index in [4.69, 9.17) is 10.9 Å². The molecule has 98 valence electrons. The average molecular weight is 256 g/mol. The number of aryl methyl sites for hydroxylation is 1. The summed E-state index contributed by atoms with van der Waals surface area (Å²) in [6.45, 7) is 2.06. The highest BCUT2D eigenvalue weighted by atomic mass is 16.4. The van der Waals surface area contributed by atoms with Gasteiger partial charge in [0.1, 0.15) is 5.69 Å². The Bertz CT molecular complexity index is 593. The minimum absolute atomic E-state index is 0.00472. The topological polar surface area (TPSA) is 74.7 Å². The fourth-order valence-electron chi connectivity index (χ4n) is 1.87. The minimum atomic E-state index is 0.00472. The fraction of sp³-hybridized carbons (Fsp3) is 0.143. The molecule has 0 aliphatic carbocycles. The molecule has 0 atom stereocenters. The maximum absolute atomic E-state index is 8.59. The van der Waals surface area contributed by atoms with Crippen LogP contribution in [0.1, 0.15) is 11.3 Å². The molecule has 19 heavy (non-hydrogen) atoms. The quantitative estimate of drug-likeness (QED) is 0.382. The molecule has 5 heteroatoms. The Morgan fingerprint density at radius 1 is 1.26 bits per heavy atom. The van der Waals surface area contributed by atoms with Crippen LogP contribution < -0.4 is 10.6 Å². The number of oxime groups is 1. The summed E-state index contributed by atoms with van der Waals surface area (Å²) < 4.78 is 0. The van der Waals surface area contributed by atoms with Crippen LogP contribution in [-0.4, -0.2) is 23.1 Å². The highest BCUT2D eigenvalue weighted by molar-refractivity contribution is 5.95. The molecule has 0 bridgehead atoms. The van der Waals surface area contributed by atoms with E-state index in [2.05, 4.69) is 23.1 Å². The van der Waals surface area contributed by atoms with Gasteiger partial charge in [0.2, 0.25) is 0 Å². The van der Waals surface area contributed by atoms with E-state index in [0.717, 1.165) is 11.4 Å². The predicted octanol–water partition coefficient (Wildman–Crippen LogP) is 2.25. The van der Waals surface area contributed by atoms with Gasteiger partial charge in [-0.1, -0.05) is 23.4 Å². The Labute approximate surface area is 112 Å². The molecule has 0 spiro atoms. The molecule has 0 saturated carbocycles. The van der Waals surface area contributed by atoms with E-state index in [1.165, 1.54) is 5.56 Å². The Hall–Kier alpha value is -2.56. The molecular formula is C14H16N4O. The monoisotopic (exact) mass is 256 g/mol. The van der Waals surface area contributed by atoms with Gasteiger partial charge in [-0.15, -0.1) is 0 Å². The first kappa shape index (κ1) is 12.9. The molecule has 2 aromatic rings. The zero-order chi connectivity index (χ0) is 13.8. The third kappa shape index (κ3) is 2.65. The number of hydrogen-bond acceptors (Lipinski definition) is 4. The van der Waals surface area contributed by atoms with Crippen molar-refractivity contribution in [2.24, 2.45) is 10.9 Å². The molecule has 0 unspecified atom stereocenters. The van der Waals surface area contributed by atoms with Gasteiger partial charge in [-0.2, -0.15) is 0 Å². The second kappa shape index (κ2) is 5.39. The van der Waals surface area contributed by atoms with Crippen molar-refractivity contribution in [3.63, 3.8) is 0 Å². The largest absolute Gasteiger partial charge is 0.409 e. The third-order valence-electron chi connectivity index (χ3n) is 2.98. The molecule has 2 rings (SSSR count). The van der Waals surface area contributed by atoms with Crippen LogP contribution in [0, 0.1) is 6.92 Å². The summed E-state index contributed by atoms with van der Waals surface area (Å²) in [5.41, 5.74) is 9.16. The molecule has 3 N–H and O–H groups in total. The van der Waals surface area contributed by atoms with Crippen LogP contribution in [0.5, 0.6) is 0 Å². The number of pyridine rings is 1. The molecule has 0 saturated heterocycles. The van der Waals surface area contributed by atoms with Crippen LogP contribution in [0.15, 0.2) is 47.8 Å². The predicted molar refractivity (Wildman–Crippen MR) is 76.0 cm³/mol. The van der Waals surface area contributed by atoms with Gasteiger partial charge in [0, 0.05) is 12.7 Å². The van der Waals surface area contributed by atoms with Gasteiger partial charge in [-0.3, -0.25) is 4.98 Å². The Balaban J connectivity index is 2.30. The number of hydrogen-bond donors (Lipinski definition) is 2. The van der Waals surface area contributed by atoms with E-state index in [1.807, 2.05) is 36.2 Å². The second-order valence-corrected chi connectivity index (χ2v) is 4.23. The summed E-state index contributed by atoms with van der Waals surface area (Å²) in [7, 11) is 1.97. The molecule has 0 aliphatic rings. The van der Waals surface area contributed by atoms with E-state index < -0.39 is 0 Å². The maximum Gasteiger partial charge on any atom is 0.188 e. The summed E-state index contributed by atoms with van der Waals surface area (Å²) in [5.74, 6) is 0.00472. The van der Waals surface area contributed by atoms with E-state index in [9.17, 15) is 0 Å². The molecule has 0 aliphatic heterocycles. The zero-order valence-electron chi connectivity index (χ0n) is 10.9. The van der Waals surface area contributed by atoms with Crippen LogP contribution in [0.3, 0.4) is 0 Å². The second-order valence-electron chi connectivity index (χ2n) is 4.23. The lowest BCUT2D eigenvalue weighted by Crippen LogP contribution is -2.16. The highest BCUT2D eigenvalue weighted by Crippen LogP contribution is 2.25. The maximum atomic E-state index is 8.59. The first-order valence-electron chi connectivity index (χ1n) is 5.87. The molecule has 0 amide bonds. The van der Waals surface area contributed by atoms with Crippen molar-refractivity contribution >= 4 is 17.2 Å². The average Bonchev–Trinajstić information content (AvgIpc) is 2.46. The summed E-state index contributed by atoms with van der Waals surface area (Å²) >= 11 is 0. The number of benzene rings is 1. The standard InChI is InChI=1S/C14H16N4O/c1-10-5-3-4-6-13(10)18(2)11-7-8-12(16-9-11)14(15)17-19/h3-9,19H,1-2H3,(H2,15,17). The van der Waals surface area contributed by atoms with Crippen molar-refractivity contribution in [1.82, 2.24) is 4.98 Å². The lowest BCUT2D eigenvalue weighted by Gasteiger charge is -2.21. The van der Waals surface area contributed by atoms with Crippen molar-refractivity contribution in [1.29, 1.82) is 0 Å². The third-order valence-corrected chi connectivity index (χ3v) is 2.98. The molecule has 1 aromatic carbocycles. The summed E-state index contributed by atoms with van der Waals surface area (Å²) in [6.07, 6.45) is 1.69. The fourth-order valence-corrected chi connectivity index (χ4v) is 1.87. The van der Waals surface area contributed by atoms with E-state index in [1.54, 1.807) is 12.3 Å². The van der Waals surface area contributed by atoms with Gasteiger partial charge in [0.15, 0.2) is 5.84 Å². The van der Waals surface area contributed by atoms with Crippen LogP contribution >= 0.6 is 0 Å². The number of nitrogens with two attached hydrogens (primary N) is 1. The summed E-state index contributed by atoms with van der Waals surface area (Å²) in [5, 5.41) is 11.5. The zero-order valence-corrected chi connectivity index (χ0v) is 10.9. The number of amidine groups is 1. The lowest BCUT2D eigenvalue weighted by atomic mass is 10.2. The number of para-hydroxylation sites is 1. The SMILES string of the molecule is Cc1ccccc1N(C)c1ccc(/C(N)=N/O)nc1. The van der Waals surface area contributed by atoms with Gasteiger partial charge in [-0.25, -0.2) is 0 Å². The summed E-state index contributed by atoms with van der Waals surface area (Å²) in [6, 6.07) is 11.7. The molecule has 0 radical (unpaired) electrons. The van der Waals surface area contributed by atoms with Gasteiger partial charge >= 0.3 is 0 Å². The lowest BCUT2D eigenvalue weighted by molar-refractivity contribution is 0.318. The normalized spacial score (nSPS) is 11.4. The van der Waals surface area contributed by atoms with Crippen molar-refractivity contribution in [3.05, 3.63) is 53.9 Å². The number of nitrogens with zero attached hydrogens (tertiary/aromatic N) is 3. The van der Waals surface area contributed by atoms with E-state index in [0.29, 0.717) is 5.69 Å². The highest BCUT2D eigenvalue weighted by Gasteiger charge is 2.07. The van der Waals surface area contributed by atoms with E-state index >= 15 is 0 Å². The first-order chi connectivity index (χ1) is 9.13. The van der Waals surface area contributed by atoms with Gasteiger partial charge in [0.25, 0.3) is 0 Å². The molecule has 1 aromatic heterocycles. The van der Waals surface area contributed by atoms with Gasteiger partial charge in [0.05, 0.1) is 11.9 Å². The number of anilines is 2. The van der Waals surface area contributed by atoms with Crippen molar-refractivity contribution in [2.75, 3.05) is 11.9 Å². The van der Waals surface area contributed by atoms with Gasteiger partial charge < -0.3 is 15.8 Å². The van der Waals surface area contributed by atoms with Crippen molar-refractivity contribution in [2.45, 2.75) is 6.92 Å². The van der Waals surface area contributed by atoms with Crippen LogP contribution in [-0.2, 0) is 0 Å². The smallest absolute Gasteiger partial charge is 0.188 e. The van der Waals surface area contributed by atoms with Gasteiger partial charge in [-0.05, 0) is 30.7 Å². The molecule has 1 heterocycles. The Morgan fingerprint density at radius 3 is 2.58 bits per heavy atom. The molecule has 5 nitrogen and oxygen atoms in total.